The largest absolute Gasteiger partial charge is 0.486 e. The molecule has 3 N–H and O–H groups in total. The van der Waals surface area contributed by atoms with Gasteiger partial charge in [-0.05, 0) is 48.0 Å². The molecule has 0 radical (unpaired) electrons. The van der Waals surface area contributed by atoms with Gasteiger partial charge in [0.1, 0.15) is 24.7 Å². The fourth-order valence-electron chi connectivity index (χ4n) is 3.52. The van der Waals surface area contributed by atoms with E-state index in [9.17, 15) is 14.4 Å². The summed E-state index contributed by atoms with van der Waals surface area (Å²) in [5, 5.41) is 2.54. The molecule has 0 bridgehead atoms. The molecule has 3 aromatic carbocycles. The molecule has 35 heavy (non-hydrogen) atoms. The third-order valence-electron chi connectivity index (χ3n) is 5.16. The van der Waals surface area contributed by atoms with Crippen LogP contribution in [-0.2, 0) is 9.53 Å². The van der Waals surface area contributed by atoms with Gasteiger partial charge in [0.05, 0.1) is 12.5 Å². The van der Waals surface area contributed by atoms with E-state index in [-0.39, 0.29) is 6.42 Å². The lowest BCUT2D eigenvalue weighted by atomic mass is 10.0. The SMILES string of the molecule is NC(=O)N[C@H](CC(=O)OCC(=O)c1ccc2c(c1)OCCO2)c1cccc(Oc2ccccc2)c1. The number of carbonyl (C=O) groups excluding carboxylic acids is 3. The molecule has 9 heteroatoms. The van der Waals surface area contributed by atoms with Crippen LogP contribution >= 0.6 is 0 Å². The van der Waals surface area contributed by atoms with Crippen molar-refractivity contribution in [2.75, 3.05) is 19.8 Å². The minimum absolute atomic E-state index is 0.230. The highest BCUT2D eigenvalue weighted by Crippen LogP contribution is 2.31. The molecule has 0 saturated heterocycles. The van der Waals surface area contributed by atoms with Crippen LogP contribution in [0, 0.1) is 0 Å². The molecule has 0 aliphatic carbocycles. The van der Waals surface area contributed by atoms with Crippen LogP contribution in [0.15, 0.2) is 72.8 Å². The predicted octanol–water partition coefficient (Wildman–Crippen LogP) is 3.78. The molecule has 0 saturated carbocycles. The van der Waals surface area contributed by atoms with Gasteiger partial charge in [0.25, 0.3) is 0 Å². The molecule has 1 aliphatic rings. The summed E-state index contributed by atoms with van der Waals surface area (Å²) >= 11 is 0. The first-order valence-corrected chi connectivity index (χ1v) is 11.0. The maximum atomic E-state index is 12.5. The first kappa shape index (κ1) is 23.6. The van der Waals surface area contributed by atoms with Gasteiger partial charge in [-0.25, -0.2) is 4.79 Å². The number of hydrogen-bond donors (Lipinski definition) is 2. The maximum Gasteiger partial charge on any atom is 0.312 e. The van der Waals surface area contributed by atoms with Crippen molar-refractivity contribution >= 4 is 17.8 Å². The van der Waals surface area contributed by atoms with Crippen LogP contribution in [0.3, 0.4) is 0 Å². The van der Waals surface area contributed by atoms with Crippen LogP contribution in [0.25, 0.3) is 0 Å². The highest BCUT2D eigenvalue weighted by atomic mass is 16.6. The summed E-state index contributed by atoms with van der Waals surface area (Å²) in [5.41, 5.74) is 6.24. The molecule has 1 aliphatic heterocycles. The highest BCUT2D eigenvalue weighted by Gasteiger charge is 2.21. The Morgan fingerprint density at radius 1 is 0.886 bits per heavy atom. The molecule has 4 rings (SSSR count). The molecule has 2 amide bonds. The van der Waals surface area contributed by atoms with Gasteiger partial charge >= 0.3 is 12.0 Å². The molecule has 180 valence electrons. The van der Waals surface area contributed by atoms with E-state index in [2.05, 4.69) is 5.32 Å². The Kier molecular flexibility index (Phi) is 7.47. The second-order valence-corrected chi connectivity index (χ2v) is 7.70. The monoisotopic (exact) mass is 476 g/mol. The van der Waals surface area contributed by atoms with Gasteiger partial charge in [-0.3, -0.25) is 9.59 Å². The van der Waals surface area contributed by atoms with Gasteiger partial charge in [0.15, 0.2) is 23.9 Å². The number of nitrogens with one attached hydrogen (secondary N) is 1. The van der Waals surface area contributed by atoms with Crippen molar-refractivity contribution in [2.45, 2.75) is 12.5 Å². The summed E-state index contributed by atoms with van der Waals surface area (Å²) in [6.07, 6.45) is -0.230. The van der Waals surface area contributed by atoms with E-state index in [0.717, 1.165) is 0 Å². The summed E-state index contributed by atoms with van der Waals surface area (Å²) in [5.74, 6) is 1.12. The molecule has 3 aromatic rings. The molecular weight excluding hydrogens is 452 g/mol. The molecule has 0 aromatic heterocycles. The molecule has 0 unspecified atom stereocenters. The Morgan fingerprint density at radius 3 is 2.40 bits per heavy atom. The van der Waals surface area contributed by atoms with Crippen molar-refractivity contribution < 1.29 is 33.3 Å². The van der Waals surface area contributed by atoms with Crippen molar-refractivity contribution in [2.24, 2.45) is 5.73 Å². The number of amides is 2. The zero-order chi connectivity index (χ0) is 24.6. The average molecular weight is 476 g/mol. The zero-order valence-electron chi connectivity index (χ0n) is 18.8. The third kappa shape index (κ3) is 6.50. The van der Waals surface area contributed by atoms with Gasteiger partial charge in [-0.2, -0.15) is 0 Å². The van der Waals surface area contributed by atoms with Crippen molar-refractivity contribution in [3.63, 3.8) is 0 Å². The average Bonchev–Trinajstić information content (AvgIpc) is 2.87. The van der Waals surface area contributed by atoms with Gasteiger partial charge < -0.3 is 30.0 Å². The number of rotatable bonds is 9. The normalized spacial score (nSPS) is 12.8. The van der Waals surface area contributed by atoms with Crippen LogP contribution in [0.2, 0.25) is 0 Å². The summed E-state index contributed by atoms with van der Waals surface area (Å²) in [7, 11) is 0. The number of ether oxygens (including phenoxy) is 4. The van der Waals surface area contributed by atoms with Crippen molar-refractivity contribution in [3.8, 4) is 23.0 Å². The number of primary amides is 1. The summed E-state index contributed by atoms with van der Waals surface area (Å²) in [6, 6.07) is 19.3. The van der Waals surface area contributed by atoms with Gasteiger partial charge in [0, 0.05) is 5.56 Å². The second kappa shape index (κ2) is 11.1. The lowest BCUT2D eigenvalue weighted by Crippen LogP contribution is -2.34. The first-order chi connectivity index (χ1) is 17.0. The zero-order valence-corrected chi connectivity index (χ0v) is 18.8. The Balaban J connectivity index is 1.38. The third-order valence-corrected chi connectivity index (χ3v) is 5.16. The molecule has 0 fully saturated rings. The number of esters is 1. The Labute approximate surface area is 201 Å². The van der Waals surface area contributed by atoms with Crippen molar-refractivity contribution in [1.82, 2.24) is 5.32 Å². The summed E-state index contributed by atoms with van der Waals surface area (Å²) in [4.78, 5) is 36.6. The highest BCUT2D eigenvalue weighted by molar-refractivity contribution is 5.98. The van der Waals surface area contributed by atoms with E-state index in [0.29, 0.717) is 47.3 Å². The van der Waals surface area contributed by atoms with Crippen LogP contribution in [0.1, 0.15) is 28.4 Å². The number of Topliss-reactive ketones (excluding diaryl/α,β-unsaturated/α-hetero) is 1. The lowest BCUT2D eigenvalue weighted by molar-refractivity contribution is -0.143. The number of carbonyl (C=O) groups is 3. The number of hydrogen-bond acceptors (Lipinski definition) is 7. The second-order valence-electron chi connectivity index (χ2n) is 7.70. The minimum atomic E-state index is -0.801. The molecular formula is C26H24N2O7. The number of benzene rings is 3. The minimum Gasteiger partial charge on any atom is -0.486 e. The molecule has 1 heterocycles. The topological polar surface area (TPSA) is 126 Å². The van der Waals surface area contributed by atoms with E-state index < -0.39 is 30.4 Å². The van der Waals surface area contributed by atoms with Crippen LogP contribution in [0.5, 0.6) is 23.0 Å². The fourth-order valence-corrected chi connectivity index (χ4v) is 3.52. The van der Waals surface area contributed by atoms with Crippen LogP contribution in [-0.4, -0.2) is 37.6 Å². The van der Waals surface area contributed by atoms with Gasteiger partial charge in [0.2, 0.25) is 0 Å². The summed E-state index contributed by atoms with van der Waals surface area (Å²) in [6.45, 7) is 0.379. The van der Waals surface area contributed by atoms with Crippen molar-refractivity contribution in [1.29, 1.82) is 0 Å². The summed E-state index contributed by atoms with van der Waals surface area (Å²) < 4.78 is 21.9. The van der Waals surface area contributed by atoms with E-state index in [1.54, 1.807) is 42.5 Å². The van der Waals surface area contributed by atoms with Crippen LogP contribution in [0.4, 0.5) is 4.79 Å². The van der Waals surface area contributed by atoms with E-state index in [1.165, 1.54) is 0 Å². The quantitative estimate of drug-likeness (QED) is 0.356. The molecule has 0 spiro atoms. The number of fused-ring (bicyclic) bond motifs is 1. The number of urea groups is 1. The molecule has 1 atom stereocenters. The standard InChI is InChI=1S/C26H24N2O7/c27-26(31)28-21(17-5-4-8-20(13-17)35-19-6-2-1-3-7-19)15-25(30)34-16-22(29)18-9-10-23-24(14-18)33-12-11-32-23/h1-10,13-14,21H,11-12,15-16H2,(H3,27,28,31)/t21-/m1/s1. The number of nitrogens with two attached hydrogens (primary N) is 1. The Bertz CT molecular complexity index is 1210. The Morgan fingerprint density at radius 2 is 1.63 bits per heavy atom. The molecule has 9 nitrogen and oxygen atoms in total. The van der Waals surface area contributed by atoms with E-state index >= 15 is 0 Å². The number of ketones is 1. The predicted molar refractivity (Wildman–Crippen MR) is 126 cm³/mol. The fraction of sp³-hybridized carbons (Fsp3) is 0.192. The van der Waals surface area contributed by atoms with Crippen molar-refractivity contribution in [3.05, 3.63) is 83.9 Å². The van der Waals surface area contributed by atoms with E-state index in [1.807, 2.05) is 30.3 Å². The number of para-hydroxylation sites is 1. The lowest BCUT2D eigenvalue weighted by Gasteiger charge is -2.19. The van der Waals surface area contributed by atoms with Gasteiger partial charge in [-0.15, -0.1) is 0 Å². The van der Waals surface area contributed by atoms with Crippen LogP contribution < -0.4 is 25.3 Å². The van der Waals surface area contributed by atoms with E-state index in [4.69, 9.17) is 24.7 Å². The van der Waals surface area contributed by atoms with Gasteiger partial charge in [-0.1, -0.05) is 30.3 Å². The smallest absolute Gasteiger partial charge is 0.312 e. The Hall–Kier alpha value is -4.53. The first-order valence-electron chi connectivity index (χ1n) is 11.0. The maximum absolute atomic E-state index is 12.5.